The van der Waals surface area contributed by atoms with E-state index in [1.165, 1.54) is 6.07 Å². The highest BCUT2D eigenvalue weighted by Gasteiger charge is 2.19. The number of aromatic amines is 1. The van der Waals surface area contributed by atoms with Gasteiger partial charge in [-0.15, -0.1) is 11.3 Å². The van der Waals surface area contributed by atoms with Gasteiger partial charge in [0.25, 0.3) is 15.9 Å². The number of H-pyrrole nitrogens is 1. The molecule has 0 spiro atoms. The molecule has 26 heavy (non-hydrogen) atoms. The Morgan fingerprint density at radius 1 is 1.27 bits per heavy atom. The molecule has 0 saturated carbocycles. The molecule has 0 atom stereocenters. The molecular formula is C17H19N3O4S2. The van der Waals surface area contributed by atoms with Gasteiger partial charge in [0.15, 0.2) is 0 Å². The first-order valence-electron chi connectivity index (χ1n) is 7.84. The van der Waals surface area contributed by atoms with E-state index < -0.39 is 15.6 Å². The Kier molecular flexibility index (Phi) is 4.78. The fourth-order valence-corrected chi connectivity index (χ4v) is 4.43. The molecule has 2 aromatic heterocycles. The van der Waals surface area contributed by atoms with Gasteiger partial charge in [0, 0.05) is 11.9 Å². The van der Waals surface area contributed by atoms with Crippen LogP contribution in [0.5, 0.6) is 0 Å². The predicted molar refractivity (Wildman–Crippen MR) is 102 cm³/mol. The summed E-state index contributed by atoms with van der Waals surface area (Å²) in [6.07, 6.45) is 0. The third-order valence-electron chi connectivity index (χ3n) is 3.59. The van der Waals surface area contributed by atoms with Gasteiger partial charge >= 0.3 is 0 Å². The molecule has 138 valence electrons. The first kappa shape index (κ1) is 18.4. The molecule has 3 aromatic rings. The third kappa shape index (κ3) is 4.06. The molecule has 7 nitrogen and oxygen atoms in total. The zero-order valence-corrected chi connectivity index (χ0v) is 15.9. The largest absolute Gasteiger partial charge is 0.389 e. The van der Waals surface area contributed by atoms with Gasteiger partial charge in [0.05, 0.1) is 16.8 Å². The number of thiophene rings is 1. The average molecular weight is 393 g/mol. The summed E-state index contributed by atoms with van der Waals surface area (Å²) in [7, 11) is -3.69. The van der Waals surface area contributed by atoms with Crippen molar-refractivity contribution in [2.24, 2.45) is 0 Å². The number of hydrogen-bond acceptors (Lipinski definition) is 5. The number of carbonyl (C=O) groups excluding carboxylic acids is 1. The number of aliphatic hydroxyl groups is 1. The Balaban J connectivity index is 1.89. The highest BCUT2D eigenvalue weighted by atomic mass is 32.2. The monoisotopic (exact) mass is 393 g/mol. The normalized spacial score (nSPS) is 12.3. The Bertz CT molecular complexity index is 1030. The van der Waals surface area contributed by atoms with Crippen LogP contribution in [0.3, 0.4) is 0 Å². The summed E-state index contributed by atoms with van der Waals surface area (Å²) < 4.78 is 27.6. The summed E-state index contributed by atoms with van der Waals surface area (Å²) in [5.74, 6) is -0.379. The van der Waals surface area contributed by atoms with E-state index in [9.17, 15) is 18.3 Å². The van der Waals surface area contributed by atoms with Gasteiger partial charge in [-0.2, -0.15) is 0 Å². The number of carbonyl (C=O) groups is 1. The topological polar surface area (TPSA) is 111 Å². The lowest BCUT2D eigenvalue weighted by Crippen LogP contribution is -2.38. The smallest absolute Gasteiger partial charge is 0.271 e. The average Bonchev–Trinajstić information content (AvgIpc) is 3.21. The minimum Gasteiger partial charge on any atom is -0.389 e. The summed E-state index contributed by atoms with van der Waals surface area (Å²) in [5.41, 5.74) is 0.133. The molecule has 0 saturated heterocycles. The summed E-state index contributed by atoms with van der Waals surface area (Å²) in [6.45, 7) is 3.28. The van der Waals surface area contributed by atoms with E-state index in [1.807, 2.05) is 0 Å². The molecule has 1 aromatic carbocycles. The van der Waals surface area contributed by atoms with Crippen LogP contribution in [0.25, 0.3) is 10.9 Å². The lowest BCUT2D eigenvalue weighted by Gasteiger charge is -2.17. The molecule has 0 unspecified atom stereocenters. The van der Waals surface area contributed by atoms with E-state index in [2.05, 4.69) is 15.0 Å². The fourth-order valence-electron chi connectivity index (χ4n) is 2.37. The standard InChI is InChI=1S/C17H19N3O4S2/c1-17(2,22)10-18-16(21)13-9-11-5-3-6-12(15(11)19-13)20-26(23,24)14-7-4-8-25-14/h3-9,19-20,22H,10H2,1-2H3,(H,18,21). The van der Waals surface area contributed by atoms with Gasteiger partial charge in [-0.05, 0) is 37.4 Å². The van der Waals surface area contributed by atoms with Crippen LogP contribution in [0.4, 0.5) is 5.69 Å². The summed E-state index contributed by atoms with van der Waals surface area (Å²) >= 11 is 1.13. The van der Waals surface area contributed by atoms with E-state index >= 15 is 0 Å². The highest BCUT2D eigenvalue weighted by Crippen LogP contribution is 2.27. The second kappa shape index (κ2) is 6.75. The number of anilines is 1. The van der Waals surface area contributed by atoms with Crippen LogP contribution < -0.4 is 10.0 Å². The molecule has 0 aliphatic carbocycles. The summed E-state index contributed by atoms with van der Waals surface area (Å²) in [4.78, 5) is 15.2. The Labute approximate surface area is 155 Å². The summed E-state index contributed by atoms with van der Waals surface area (Å²) in [6, 6.07) is 9.94. The molecule has 0 radical (unpaired) electrons. The first-order valence-corrected chi connectivity index (χ1v) is 10.2. The number of para-hydroxylation sites is 1. The molecule has 4 N–H and O–H groups in total. The molecule has 1 amide bonds. The van der Waals surface area contributed by atoms with E-state index in [0.29, 0.717) is 16.6 Å². The van der Waals surface area contributed by atoms with Crippen LogP contribution in [0.15, 0.2) is 46.0 Å². The van der Waals surface area contributed by atoms with Crippen molar-refractivity contribution in [2.75, 3.05) is 11.3 Å². The van der Waals surface area contributed by atoms with Crippen molar-refractivity contribution in [1.82, 2.24) is 10.3 Å². The van der Waals surface area contributed by atoms with Crippen LogP contribution in [0.2, 0.25) is 0 Å². The van der Waals surface area contributed by atoms with Crippen LogP contribution in [-0.4, -0.2) is 36.6 Å². The van der Waals surface area contributed by atoms with Crippen LogP contribution in [0, 0.1) is 0 Å². The SMILES string of the molecule is CC(C)(O)CNC(=O)c1cc2cccc(NS(=O)(=O)c3cccs3)c2[nH]1. The predicted octanol–water partition coefficient (Wildman–Crippen LogP) is 2.53. The molecule has 0 aliphatic rings. The minimum atomic E-state index is -3.69. The van der Waals surface area contributed by atoms with Gasteiger partial charge in [-0.3, -0.25) is 9.52 Å². The number of aromatic nitrogens is 1. The number of fused-ring (bicyclic) bond motifs is 1. The second-order valence-corrected chi connectivity index (χ2v) is 9.34. The molecular weight excluding hydrogens is 374 g/mol. The van der Waals surface area contributed by atoms with E-state index in [4.69, 9.17) is 0 Å². The maximum absolute atomic E-state index is 12.4. The zero-order valence-electron chi connectivity index (χ0n) is 14.2. The molecule has 0 bridgehead atoms. The maximum atomic E-state index is 12.4. The van der Waals surface area contributed by atoms with Crippen LogP contribution in [0.1, 0.15) is 24.3 Å². The van der Waals surface area contributed by atoms with Crippen molar-refractivity contribution in [2.45, 2.75) is 23.7 Å². The van der Waals surface area contributed by atoms with Crippen LogP contribution >= 0.6 is 11.3 Å². The van der Waals surface area contributed by atoms with E-state index in [1.54, 1.807) is 49.6 Å². The second-order valence-electron chi connectivity index (χ2n) is 6.49. The van der Waals surface area contributed by atoms with Crippen molar-refractivity contribution in [3.63, 3.8) is 0 Å². The number of sulfonamides is 1. The van der Waals surface area contributed by atoms with Gasteiger partial charge in [-0.1, -0.05) is 18.2 Å². The van der Waals surface area contributed by atoms with Crippen molar-refractivity contribution in [3.05, 3.63) is 47.5 Å². The first-order chi connectivity index (χ1) is 12.2. The van der Waals surface area contributed by atoms with Gasteiger partial charge in [-0.25, -0.2) is 8.42 Å². The van der Waals surface area contributed by atoms with Gasteiger partial charge < -0.3 is 15.4 Å². The Morgan fingerprint density at radius 3 is 2.69 bits per heavy atom. The number of amides is 1. The van der Waals surface area contributed by atoms with E-state index in [0.717, 1.165) is 11.3 Å². The minimum absolute atomic E-state index is 0.0963. The van der Waals surface area contributed by atoms with Crippen LogP contribution in [-0.2, 0) is 10.0 Å². The van der Waals surface area contributed by atoms with Crippen molar-refractivity contribution in [3.8, 4) is 0 Å². The lowest BCUT2D eigenvalue weighted by atomic mass is 10.1. The van der Waals surface area contributed by atoms with Crippen molar-refractivity contribution >= 4 is 43.9 Å². The number of nitrogens with one attached hydrogen (secondary N) is 3. The highest BCUT2D eigenvalue weighted by molar-refractivity contribution is 7.94. The zero-order chi connectivity index (χ0) is 18.9. The molecule has 2 heterocycles. The number of rotatable bonds is 6. The number of hydrogen-bond donors (Lipinski definition) is 4. The molecule has 3 rings (SSSR count). The lowest BCUT2D eigenvalue weighted by molar-refractivity contribution is 0.0692. The Hall–Kier alpha value is -2.36. The maximum Gasteiger partial charge on any atom is 0.271 e. The Morgan fingerprint density at radius 2 is 2.04 bits per heavy atom. The molecule has 9 heteroatoms. The summed E-state index contributed by atoms with van der Waals surface area (Å²) in [5, 5.41) is 14.7. The quantitative estimate of drug-likeness (QED) is 0.516. The van der Waals surface area contributed by atoms with Gasteiger partial charge in [0.2, 0.25) is 0 Å². The van der Waals surface area contributed by atoms with Crippen molar-refractivity contribution in [1.29, 1.82) is 0 Å². The molecule has 0 fully saturated rings. The third-order valence-corrected chi connectivity index (χ3v) is 6.35. The van der Waals surface area contributed by atoms with E-state index in [-0.39, 0.29) is 22.4 Å². The fraction of sp³-hybridized carbons (Fsp3) is 0.235. The molecule has 0 aliphatic heterocycles. The van der Waals surface area contributed by atoms with Crippen molar-refractivity contribution < 1.29 is 18.3 Å². The van der Waals surface area contributed by atoms with Gasteiger partial charge in [0.1, 0.15) is 9.90 Å². The number of benzene rings is 1.